The number of quaternary nitrogens is 1. The molecule has 87 valence electrons. The second kappa shape index (κ2) is 5.13. The van der Waals surface area contributed by atoms with Crippen LogP contribution in [0.1, 0.15) is 5.56 Å². The Hall–Kier alpha value is -1.64. The van der Waals surface area contributed by atoms with Crippen LogP contribution in [0.25, 0.3) is 0 Å². The molecule has 1 radical (unpaired) electrons. The summed E-state index contributed by atoms with van der Waals surface area (Å²) in [5.74, 6) is 0. The Balaban J connectivity index is 2.27. The molecule has 17 heavy (non-hydrogen) atoms. The van der Waals surface area contributed by atoms with Gasteiger partial charge in [0.15, 0.2) is 12.7 Å². The van der Waals surface area contributed by atoms with Crippen LogP contribution in [-0.2, 0) is 11.4 Å². The molecular formula is C15H17NO+. The van der Waals surface area contributed by atoms with Crippen LogP contribution in [0.4, 0.5) is 5.69 Å². The number of nitrogens with zero attached hydrogens (tertiary/aromatic N) is 1. The lowest BCUT2D eigenvalue weighted by Gasteiger charge is -2.28. The van der Waals surface area contributed by atoms with E-state index in [9.17, 15) is 0 Å². The average molecular weight is 227 g/mol. The minimum Gasteiger partial charge on any atom is -0.200 e. The van der Waals surface area contributed by atoms with Crippen molar-refractivity contribution in [1.82, 2.24) is 4.65 Å². The normalized spacial score (nSPS) is 14.2. The van der Waals surface area contributed by atoms with Crippen LogP contribution < -0.4 is 4.65 Å². The Labute approximate surface area is 103 Å². The zero-order valence-electron chi connectivity index (χ0n) is 10.0. The van der Waals surface area contributed by atoms with E-state index in [1.165, 1.54) is 5.56 Å². The lowest BCUT2D eigenvalue weighted by Crippen LogP contribution is -2.40. The van der Waals surface area contributed by atoms with Gasteiger partial charge in [-0.25, -0.2) is 4.84 Å². The van der Waals surface area contributed by atoms with Crippen LogP contribution in [0.2, 0.25) is 0 Å². The van der Waals surface area contributed by atoms with Crippen molar-refractivity contribution in [2.45, 2.75) is 6.54 Å². The van der Waals surface area contributed by atoms with E-state index >= 15 is 0 Å². The topological polar surface area (TPSA) is 9.23 Å². The Kier molecular flexibility index (Phi) is 3.57. The quantitative estimate of drug-likeness (QED) is 0.573. The van der Waals surface area contributed by atoms with E-state index in [-0.39, 0.29) is 4.65 Å². The Morgan fingerprint density at radius 2 is 1.47 bits per heavy atom. The van der Waals surface area contributed by atoms with Crippen LogP contribution in [-0.4, -0.2) is 7.11 Å². The van der Waals surface area contributed by atoms with Gasteiger partial charge in [0, 0.05) is 17.7 Å². The second-order valence-electron chi connectivity index (χ2n) is 4.05. The molecule has 0 N–H and O–H groups in total. The third kappa shape index (κ3) is 2.73. The van der Waals surface area contributed by atoms with Crippen molar-refractivity contribution in [1.29, 1.82) is 0 Å². The molecular weight excluding hydrogens is 210 g/mol. The van der Waals surface area contributed by atoms with Crippen LogP contribution in [0.5, 0.6) is 0 Å². The van der Waals surface area contributed by atoms with E-state index in [0.717, 1.165) is 5.69 Å². The Bertz CT molecular complexity index is 455. The van der Waals surface area contributed by atoms with Gasteiger partial charge in [-0.15, -0.1) is 4.65 Å². The van der Waals surface area contributed by atoms with Crippen LogP contribution in [0.15, 0.2) is 60.7 Å². The number of hydrogen-bond donors (Lipinski definition) is 0. The number of hydroxylamine groups is 2. The summed E-state index contributed by atoms with van der Waals surface area (Å²) in [5.41, 5.74) is 2.24. The van der Waals surface area contributed by atoms with Gasteiger partial charge in [0.2, 0.25) is 0 Å². The van der Waals surface area contributed by atoms with E-state index in [4.69, 9.17) is 4.84 Å². The van der Waals surface area contributed by atoms with Crippen molar-refractivity contribution in [3.8, 4) is 0 Å². The third-order valence-corrected chi connectivity index (χ3v) is 2.86. The van der Waals surface area contributed by atoms with Crippen LogP contribution in [0, 0.1) is 7.05 Å². The van der Waals surface area contributed by atoms with Crippen molar-refractivity contribution < 1.29 is 4.84 Å². The highest BCUT2D eigenvalue weighted by Gasteiger charge is 2.26. The number of para-hydroxylation sites is 1. The van der Waals surface area contributed by atoms with Crippen molar-refractivity contribution in [3.05, 3.63) is 73.3 Å². The smallest absolute Gasteiger partial charge is 0.167 e. The first-order valence-electron chi connectivity index (χ1n) is 5.62. The van der Waals surface area contributed by atoms with Gasteiger partial charge in [-0.1, -0.05) is 48.5 Å². The van der Waals surface area contributed by atoms with Crippen molar-refractivity contribution in [2.75, 3.05) is 7.11 Å². The van der Waals surface area contributed by atoms with Crippen molar-refractivity contribution >= 4 is 5.69 Å². The first kappa shape index (κ1) is 11.8. The summed E-state index contributed by atoms with van der Waals surface area (Å²) in [5, 5.41) is 0. The van der Waals surface area contributed by atoms with Gasteiger partial charge in [-0.05, 0) is 0 Å². The van der Waals surface area contributed by atoms with Gasteiger partial charge in [-0.2, -0.15) is 0 Å². The largest absolute Gasteiger partial charge is 0.200 e. The summed E-state index contributed by atoms with van der Waals surface area (Å²) in [6.07, 6.45) is 0. The first-order valence-corrected chi connectivity index (χ1v) is 5.62. The van der Waals surface area contributed by atoms with Gasteiger partial charge in [-0.3, -0.25) is 0 Å². The fourth-order valence-corrected chi connectivity index (χ4v) is 1.84. The summed E-state index contributed by atoms with van der Waals surface area (Å²) in [6, 6.07) is 20.3. The van der Waals surface area contributed by atoms with E-state index in [1.807, 2.05) is 48.5 Å². The molecule has 0 heterocycles. The highest BCUT2D eigenvalue weighted by molar-refractivity contribution is 5.41. The predicted molar refractivity (Wildman–Crippen MR) is 70.7 cm³/mol. The lowest BCUT2D eigenvalue weighted by molar-refractivity contribution is -0.0889. The lowest BCUT2D eigenvalue weighted by atomic mass is 10.2. The molecule has 0 aromatic heterocycles. The monoisotopic (exact) mass is 227 g/mol. The fourth-order valence-electron chi connectivity index (χ4n) is 1.84. The molecule has 2 nitrogen and oxygen atoms in total. The molecule has 2 aromatic rings. The van der Waals surface area contributed by atoms with Gasteiger partial charge in [0.05, 0.1) is 7.11 Å². The van der Waals surface area contributed by atoms with E-state index in [1.54, 1.807) is 7.11 Å². The van der Waals surface area contributed by atoms with Gasteiger partial charge >= 0.3 is 0 Å². The summed E-state index contributed by atoms with van der Waals surface area (Å²) in [6.45, 7) is 0.710. The SMILES string of the molecule is [CH2][N+](Cc1ccccc1)(OC)c1ccccc1. The fraction of sp³-hybridized carbons (Fsp3) is 0.133. The van der Waals surface area contributed by atoms with Gasteiger partial charge in [0.1, 0.15) is 6.54 Å². The van der Waals surface area contributed by atoms with Gasteiger partial charge < -0.3 is 0 Å². The number of rotatable bonds is 4. The minimum atomic E-state index is 0.199. The molecule has 1 unspecified atom stereocenters. The highest BCUT2D eigenvalue weighted by Crippen LogP contribution is 2.24. The summed E-state index contributed by atoms with van der Waals surface area (Å²) in [4.78, 5) is 5.55. The molecule has 2 aromatic carbocycles. The molecule has 0 spiro atoms. The second-order valence-corrected chi connectivity index (χ2v) is 4.05. The zero-order chi connectivity index (χ0) is 12.1. The zero-order valence-corrected chi connectivity index (χ0v) is 10.0. The average Bonchev–Trinajstić information content (AvgIpc) is 2.41. The molecule has 0 aliphatic rings. The molecule has 1 atom stereocenters. The maximum Gasteiger partial charge on any atom is 0.167 e. The van der Waals surface area contributed by atoms with Crippen LogP contribution >= 0.6 is 0 Å². The molecule has 2 rings (SSSR count). The summed E-state index contributed by atoms with van der Waals surface area (Å²) < 4.78 is 0.199. The standard InChI is InChI=1S/C15H17NO/c1-16(17-2,15-11-7-4-8-12-15)13-14-9-5-3-6-10-14/h3-12H,1,13H2,2H3/q+1. The third-order valence-electron chi connectivity index (χ3n) is 2.86. The Morgan fingerprint density at radius 3 is 2.00 bits per heavy atom. The minimum absolute atomic E-state index is 0.199. The first-order chi connectivity index (χ1) is 8.24. The highest BCUT2D eigenvalue weighted by atomic mass is 16.7. The number of hydrogen-bond acceptors (Lipinski definition) is 1. The van der Waals surface area contributed by atoms with E-state index in [0.29, 0.717) is 6.54 Å². The van der Waals surface area contributed by atoms with Gasteiger partial charge in [0.25, 0.3) is 0 Å². The van der Waals surface area contributed by atoms with E-state index in [2.05, 4.69) is 19.2 Å². The van der Waals surface area contributed by atoms with E-state index < -0.39 is 0 Å². The molecule has 0 amide bonds. The molecule has 2 heteroatoms. The molecule has 0 aliphatic heterocycles. The molecule has 0 saturated carbocycles. The summed E-state index contributed by atoms with van der Waals surface area (Å²) >= 11 is 0. The summed E-state index contributed by atoms with van der Waals surface area (Å²) in [7, 11) is 5.85. The molecule has 0 saturated heterocycles. The van der Waals surface area contributed by atoms with Crippen LogP contribution in [0.3, 0.4) is 0 Å². The predicted octanol–water partition coefficient (Wildman–Crippen LogP) is 3.55. The molecule has 0 fully saturated rings. The maximum atomic E-state index is 5.55. The molecule has 0 bridgehead atoms. The van der Waals surface area contributed by atoms with Crippen molar-refractivity contribution in [3.63, 3.8) is 0 Å². The Morgan fingerprint density at radius 1 is 0.941 bits per heavy atom. The molecule has 0 aliphatic carbocycles. The van der Waals surface area contributed by atoms with Crippen molar-refractivity contribution in [2.24, 2.45) is 0 Å². The number of benzene rings is 2. The maximum absolute atomic E-state index is 5.55.